The monoisotopic (exact) mass is 312 g/mol. The first-order valence-electron chi connectivity index (χ1n) is 5.49. The summed E-state index contributed by atoms with van der Waals surface area (Å²) >= 11 is 3.30. The Bertz CT molecular complexity index is 716. The number of halogens is 1. The second-order valence-electron chi connectivity index (χ2n) is 4.27. The fourth-order valence-electron chi connectivity index (χ4n) is 1.91. The third-order valence-electron chi connectivity index (χ3n) is 2.76. The van der Waals surface area contributed by atoms with Crippen molar-refractivity contribution < 1.29 is 5.11 Å². The number of aryl methyl sites for hydroxylation is 1. The Morgan fingerprint density at radius 3 is 2.67 bits per heavy atom. The van der Waals surface area contributed by atoms with Gasteiger partial charge >= 0.3 is 5.69 Å². The van der Waals surface area contributed by atoms with Crippen molar-refractivity contribution in [2.24, 2.45) is 7.05 Å². The Morgan fingerprint density at radius 2 is 2.06 bits per heavy atom. The molecular weight excluding hydrogens is 300 g/mol. The topological polar surface area (TPSA) is 64.2 Å². The summed E-state index contributed by atoms with van der Waals surface area (Å²) in [7, 11) is 1.61. The molecular formula is C12H13BrN2O3. The number of hydrogen-bond donors (Lipinski definition) is 1. The van der Waals surface area contributed by atoms with E-state index in [1.807, 2.05) is 0 Å². The predicted octanol–water partition coefficient (Wildman–Crippen LogP) is 0.843. The number of aliphatic hydroxyl groups excluding tert-OH is 1. The maximum atomic E-state index is 12.2. The van der Waals surface area contributed by atoms with Crippen LogP contribution >= 0.6 is 15.9 Å². The summed E-state index contributed by atoms with van der Waals surface area (Å²) in [6.07, 6.45) is -0.750. The molecule has 0 spiro atoms. The van der Waals surface area contributed by atoms with Gasteiger partial charge in [0.1, 0.15) is 0 Å². The van der Waals surface area contributed by atoms with Gasteiger partial charge in [-0.25, -0.2) is 4.79 Å². The molecule has 0 aliphatic heterocycles. The van der Waals surface area contributed by atoms with Crippen molar-refractivity contribution >= 4 is 26.8 Å². The minimum absolute atomic E-state index is 0.00599. The normalized spacial score (nSPS) is 12.9. The molecule has 0 aliphatic carbocycles. The van der Waals surface area contributed by atoms with E-state index in [9.17, 15) is 14.7 Å². The average Bonchev–Trinajstić information content (AvgIpc) is 2.31. The molecule has 0 aliphatic rings. The van der Waals surface area contributed by atoms with Gasteiger partial charge in [0.25, 0.3) is 5.56 Å². The van der Waals surface area contributed by atoms with E-state index < -0.39 is 11.8 Å². The van der Waals surface area contributed by atoms with Gasteiger partial charge < -0.3 is 5.11 Å². The molecule has 0 saturated carbocycles. The summed E-state index contributed by atoms with van der Waals surface area (Å²) in [4.78, 5) is 24.2. The van der Waals surface area contributed by atoms with Crippen LogP contribution in [0.4, 0.5) is 0 Å². The fraction of sp³-hybridized carbons (Fsp3) is 0.333. The molecule has 1 unspecified atom stereocenters. The van der Waals surface area contributed by atoms with Gasteiger partial charge in [-0.3, -0.25) is 13.9 Å². The van der Waals surface area contributed by atoms with E-state index >= 15 is 0 Å². The number of aliphatic hydroxyl groups is 1. The highest BCUT2D eigenvalue weighted by molar-refractivity contribution is 9.10. The molecule has 0 fully saturated rings. The molecule has 5 nitrogen and oxygen atoms in total. The van der Waals surface area contributed by atoms with E-state index in [1.54, 1.807) is 25.2 Å². The quantitative estimate of drug-likeness (QED) is 0.894. The first-order valence-corrected chi connectivity index (χ1v) is 6.28. The van der Waals surface area contributed by atoms with Crippen molar-refractivity contribution in [2.75, 3.05) is 0 Å². The van der Waals surface area contributed by atoms with Crippen LogP contribution in [-0.4, -0.2) is 20.3 Å². The summed E-state index contributed by atoms with van der Waals surface area (Å²) in [5.74, 6) is 0. The molecule has 1 aromatic heterocycles. The lowest BCUT2D eigenvalue weighted by Crippen LogP contribution is -2.41. The van der Waals surface area contributed by atoms with Crippen LogP contribution in [-0.2, 0) is 13.6 Å². The van der Waals surface area contributed by atoms with Gasteiger partial charge in [0.05, 0.1) is 23.6 Å². The summed E-state index contributed by atoms with van der Waals surface area (Å²) in [6.45, 7) is 1.53. The lowest BCUT2D eigenvalue weighted by atomic mass is 10.2. The van der Waals surface area contributed by atoms with Crippen LogP contribution in [0.2, 0.25) is 0 Å². The van der Waals surface area contributed by atoms with E-state index in [-0.39, 0.29) is 12.1 Å². The van der Waals surface area contributed by atoms with E-state index in [0.717, 1.165) is 9.04 Å². The molecule has 1 heterocycles. The number of rotatable bonds is 2. The van der Waals surface area contributed by atoms with Crippen molar-refractivity contribution in [3.8, 4) is 0 Å². The summed E-state index contributed by atoms with van der Waals surface area (Å²) in [5, 5.41) is 9.81. The number of nitrogens with zero attached hydrogens (tertiary/aromatic N) is 2. The average molecular weight is 313 g/mol. The molecule has 2 aromatic rings. The highest BCUT2D eigenvalue weighted by Crippen LogP contribution is 2.15. The smallest absolute Gasteiger partial charge is 0.331 e. The number of fused-ring (bicyclic) bond motifs is 1. The number of hydrogen-bond acceptors (Lipinski definition) is 3. The molecule has 0 saturated heterocycles. The molecule has 0 bridgehead atoms. The second kappa shape index (κ2) is 4.70. The number of aromatic nitrogens is 2. The zero-order chi connectivity index (χ0) is 13.4. The summed E-state index contributed by atoms with van der Waals surface area (Å²) in [6, 6.07) is 5.17. The molecule has 1 aromatic carbocycles. The lowest BCUT2D eigenvalue weighted by Gasteiger charge is -2.12. The van der Waals surface area contributed by atoms with Gasteiger partial charge in [-0.2, -0.15) is 0 Å². The van der Waals surface area contributed by atoms with Gasteiger partial charge in [0.15, 0.2) is 0 Å². The first kappa shape index (κ1) is 13.0. The first-order chi connectivity index (χ1) is 8.41. The van der Waals surface area contributed by atoms with E-state index in [0.29, 0.717) is 10.9 Å². The summed E-state index contributed by atoms with van der Waals surface area (Å²) < 4.78 is 3.24. The minimum atomic E-state index is -0.750. The molecule has 1 atom stereocenters. The molecule has 96 valence electrons. The zero-order valence-electron chi connectivity index (χ0n) is 10.1. The van der Waals surface area contributed by atoms with Gasteiger partial charge in [0.2, 0.25) is 0 Å². The molecule has 18 heavy (non-hydrogen) atoms. The van der Waals surface area contributed by atoms with E-state index in [2.05, 4.69) is 15.9 Å². The Labute approximate surface area is 111 Å². The van der Waals surface area contributed by atoms with Crippen molar-refractivity contribution in [1.29, 1.82) is 0 Å². The van der Waals surface area contributed by atoms with Crippen molar-refractivity contribution in [3.63, 3.8) is 0 Å². The predicted molar refractivity (Wildman–Crippen MR) is 72.8 cm³/mol. The van der Waals surface area contributed by atoms with Crippen LogP contribution < -0.4 is 11.2 Å². The molecule has 2 rings (SSSR count). The maximum absolute atomic E-state index is 12.2. The van der Waals surface area contributed by atoms with Gasteiger partial charge in [0, 0.05) is 11.5 Å². The van der Waals surface area contributed by atoms with Crippen LogP contribution in [0, 0.1) is 0 Å². The van der Waals surface area contributed by atoms with E-state index in [1.165, 1.54) is 11.5 Å². The van der Waals surface area contributed by atoms with Gasteiger partial charge in [-0.1, -0.05) is 15.9 Å². The third-order valence-corrected chi connectivity index (χ3v) is 3.25. The molecule has 0 radical (unpaired) electrons. The lowest BCUT2D eigenvalue weighted by molar-refractivity contribution is 0.170. The SMILES string of the molecule is CC(O)Cn1c(=O)c2cc(Br)ccc2n(C)c1=O. The van der Waals surface area contributed by atoms with Crippen LogP contribution in [0.15, 0.2) is 32.3 Å². The minimum Gasteiger partial charge on any atom is -0.392 e. The van der Waals surface area contributed by atoms with Crippen LogP contribution in [0.5, 0.6) is 0 Å². The van der Waals surface area contributed by atoms with Crippen LogP contribution in [0.3, 0.4) is 0 Å². The Balaban J connectivity index is 2.89. The second-order valence-corrected chi connectivity index (χ2v) is 5.18. The highest BCUT2D eigenvalue weighted by atomic mass is 79.9. The van der Waals surface area contributed by atoms with Crippen molar-refractivity contribution in [3.05, 3.63) is 43.5 Å². The van der Waals surface area contributed by atoms with Crippen LogP contribution in [0.1, 0.15) is 6.92 Å². The molecule has 6 heteroatoms. The zero-order valence-corrected chi connectivity index (χ0v) is 11.6. The van der Waals surface area contributed by atoms with Crippen LogP contribution in [0.25, 0.3) is 10.9 Å². The molecule has 1 N–H and O–H groups in total. The highest BCUT2D eigenvalue weighted by Gasteiger charge is 2.12. The largest absolute Gasteiger partial charge is 0.392 e. The van der Waals surface area contributed by atoms with Crippen molar-refractivity contribution in [1.82, 2.24) is 9.13 Å². The van der Waals surface area contributed by atoms with E-state index in [4.69, 9.17) is 0 Å². The maximum Gasteiger partial charge on any atom is 0.331 e. The van der Waals surface area contributed by atoms with Crippen molar-refractivity contribution in [2.45, 2.75) is 19.6 Å². The number of benzene rings is 1. The van der Waals surface area contributed by atoms with Gasteiger partial charge in [-0.05, 0) is 25.1 Å². The summed E-state index contributed by atoms with van der Waals surface area (Å²) in [5.41, 5.74) is -0.221. The third kappa shape index (κ3) is 2.13. The standard InChI is InChI=1S/C12H13BrN2O3/c1-7(16)6-15-11(17)9-5-8(13)3-4-10(9)14(2)12(15)18/h3-5,7,16H,6H2,1-2H3. The Hall–Kier alpha value is -1.40. The van der Waals surface area contributed by atoms with Gasteiger partial charge in [-0.15, -0.1) is 0 Å². The fourth-order valence-corrected chi connectivity index (χ4v) is 2.27. The Kier molecular flexibility index (Phi) is 3.41. The molecule has 0 amide bonds. The Morgan fingerprint density at radius 1 is 1.39 bits per heavy atom.